The van der Waals surface area contributed by atoms with Crippen molar-refractivity contribution in [2.75, 3.05) is 11.9 Å². The van der Waals surface area contributed by atoms with Crippen LogP contribution < -0.4 is 0 Å². The van der Waals surface area contributed by atoms with Gasteiger partial charge in [0.1, 0.15) is 0 Å². The van der Waals surface area contributed by atoms with Gasteiger partial charge in [-0.05, 0) is 38.5 Å². The normalized spacial score (nSPS) is 10.8. The second-order valence-electron chi connectivity index (χ2n) is 4.26. The number of carbonyl (C=O) groups excluding carboxylic acids is 1. The summed E-state index contributed by atoms with van der Waals surface area (Å²) < 4.78 is 0. The monoisotopic (exact) mass is 351 g/mol. The van der Waals surface area contributed by atoms with Crippen molar-refractivity contribution in [2.45, 2.75) is 26.3 Å². The first kappa shape index (κ1) is 15.8. The van der Waals surface area contributed by atoms with Crippen LogP contribution in [0.2, 0.25) is 10.0 Å². The van der Waals surface area contributed by atoms with Crippen molar-refractivity contribution in [3.05, 3.63) is 33.8 Å². The molecule has 0 N–H and O–H groups in total. The number of carbonyl (C=O) groups is 1. The summed E-state index contributed by atoms with van der Waals surface area (Å²) in [4.78, 5) is 14.2. The number of nitrogens with zero attached hydrogens (tertiary/aromatic N) is 1. The molecule has 0 unspecified atom stereocenters. The van der Waals surface area contributed by atoms with Crippen LogP contribution in [0.5, 0.6) is 0 Å². The van der Waals surface area contributed by atoms with Gasteiger partial charge in [0.05, 0.1) is 10.6 Å². The standard InChI is InChI=1S/C13H16BrCl2NO/c1-9(2)17(7-3-6-14)13(18)11-5-4-10(15)8-12(11)16/h4-5,8-9H,3,6-7H2,1-2H3. The van der Waals surface area contributed by atoms with Crippen molar-refractivity contribution in [3.8, 4) is 0 Å². The minimum absolute atomic E-state index is 0.0485. The van der Waals surface area contributed by atoms with E-state index in [4.69, 9.17) is 23.2 Å². The second-order valence-corrected chi connectivity index (χ2v) is 5.90. The van der Waals surface area contributed by atoms with E-state index in [0.717, 1.165) is 11.8 Å². The topological polar surface area (TPSA) is 20.3 Å². The summed E-state index contributed by atoms with van der Waals surface area (Å²) in [5, 5.41) is 1.81. The smallest absolute Gasteiger partial charge is 0.255 e. The third kappa shape index (κ3) is 4.15. The van der Waals surface area contributed by atoms with Crippen LogP contribution >= 0.6 is 39.1 Å². The van der Waals surface area contributed by atoms with Gasteiger partial charge in [-0.2, -0.15) is 0 Å². The Kier molecular flexibility index (Phi) is 6.47. The highest BCUT2D eigenvalue weighted by atomic mass is 79.9. The molecule has 0 fully saturated rings. The van der Waals surface area contributed by atoms with Crippen molar-refractivity contribution in [1.82, 2.24) is 4.90 Å². The molecule has 0 spiro atoms. The fourth-order valence-corrected chi connectivity index (χ4v) is 2.38. The lowest BCUT2D eigenvalue weighted by Crippen LogP contribution is -2.38. The summed E-state index contributed by atoms with van der Waals surface area (Å²) in [5.74, 6) is -0.0485. The van der Waals surface area contributed by atoms with E-state index in [1.54, 1.807) is 18.2 Å². The van der Waals surface area contributed by atoms with Gasteiger partial charge in [-0.3, -0.25) is 4.79 Å². The van der Waals surface area contributed by atoms with Gasteiger partial charge in [0.2, 0.25) is 0 Å². The summed E-state index contributed by atoms with van der Waals surface area (Å²) in [6, 6.07) is 5.10. The predicted molar refractivity (Wildman–Crippen MR) is 81.0 cm³/mol. The Bertz CT molecular complexity index is 423. The highest BCUT2D eigenvalue weighted by Gasteiger charge is 2.20. The molecule has 0 aromatic heterocycles. The van der Waals surface area contributed by atoms with E-state index in [1.165, 1.54) is 0 Å². The molecule has 0 aliphatic carbocycles. The number of benzene rings is 1. The Morgan fingerprint density at radius 2 is 2.06 bits per heavy atom. The number of halogens is 3. The molecule has 0 aliphatic heterocycles. The molecule has 0 heterocycles. The Morgan fingerprint density at radius 3 is 2.56 bits per heavy atom. The fourth-order valence-electron chi connectivity index (χ4n) is 1.64. The van der Waals surface area contributed by atoms with Gasteiger partial charge in [-0.25, -0.2) is 0 Å². The Balaban J connectivity index is 2.94. The first-order chi connectivity index (χ1) is 8.47. The predicted octanol–water partition coefficient (Wildman–Crippen LogP) is 4.63. The van der Waals surface area contributed by atoms with Crippen LogP contribution in [0.15, 0.2) is 18.2 Å². The quantitative estimate of drug-likeness (QED) is 0.707. The number of hydrogen-bond donors (Lipinski definition) is 0. The summed E-state index contributed by atoms with van der Waals surface area (Å²) in [7, 11) is 0. The molecule has 100 valence electrons. The Morgan fingerprint density at radius 1 is 1.39 bits per heavy atom. The molecule has 5 heteroatoms. The molecule has 18 heavy (non-hydrogen) atoms. The van der Waals surface area contributed by atoms with Crippen molar-refractivity contribution < 1.29 is 4.79 Å². The first-order valence-electron chi connectivity index (χ1n) is 5.79. The molecule has 1 aromatic rings. The Labute approximate surface area is 126 Å². The van der Waals surface area contributed by atoms with Crippen LogP contribution in [-0.4, -0.2) is 28.7 Å². The third-order valence-corrected chi connectivity index (χ3v) is 3.69. The van der Waals surface area contributed by atoms with Crippen molar-refractivity contribution in [1.29, 1.82) is 0 Å². The molecule has 0 saturated heterocycles. The van der Waals surface area contributed by atoms with Crippen LogP contribution in [0.25, 0.3) is 0 Å². The summed E-state index contributed by atoms with van der Waals surface area (Å²) >= 11 is 15.3. The van der Waals surface area contributed by atoms with Crippen molar-refractivity contribution in [2.24, 2.45) is 0 Å². The number of amides is 1. The van der Waals surface area contributed by atoms with Crippen molar-refractivity contribution >= 4 is 45.0 Å². The molecular formula is C13H16BrCl2NO. The number of alkyl halides is 1. The average molecular weight is 353 g/mol. The minimum atomic E-state index is -0.0485. The second kappa shape index (κ2) is 7.37. The van der Waals surface area contributed by atoms with E-state index in [-0.39, 0.29) is 11.9 Å². The zero-order valence-corrected chi connectivity index (χ0v) is 13.5. The van der Waals surface area contributed by atoms with Crippen LogP contribution in [0, 0.1) is 0 Å². The maximum absolute atomic E-state index is 12.4. The van der Waals surface area contributed by atoms with E-state index in [9.17, 15) is 4.79 Å². The molecule has 1 rings (SSSR count). The highest BCUT2D eigenvalue weighted by molar-refractivity contribution is 9.09. The maximum atomic E-state index is 12.4. The molecular weight excluding hydrogens is 337 g/mol. The molecule has 0 atom stereocenters. The van der Waals surface area contributed by atoms with E-state index in [1.807, 2.05) is 18.7 Å². The van der Waals surface area contributed by atoms with Gasteiger partial charge in [-0.15, -0.1) is 0 Å². The van der Waals surface area contributed by atoms with E-state index >= 15 is 0 Å². The molecule has 0 bridgehead atoms. The van der Waals surface area contributed by atoms with Gasteiger partial charge < -0.3 is 4.90 Å². The summed E-state index contributed by atoms with van der Waals surface area (Å²) in [6.07, 6.45) is 0.912. The van der Waals surface area contributed by atoms with Gasteiger partial charge >= 0.3 is 0 Å². The molecule has 0 aliphatic rings. The lowest BCUT2D eigenvalue weighted by atomic mass is 10.1. The van der Waals surface area contributed by atoms with E-state index in [0.29, 0.717) is 22.2 Å². The molecule has 1 amide bonds. The maximum Gasteiger partial charge on any atom is 0.255 e. The number of rotatable bonds is 5. The molecule has 0 saturated carbocycles. The van der Waals surface area contributed by atoms with Crippen LogP contribution in [-0.2, 0) is 0 Å². The zero-order valence-electron chi connectivity index (χ0n) is 10.4. The summed E-state index contributed by atoms with van der Waals surface area (Å²) in [5.41, 5.74) is 0.504. The van der Waals surface area contributed by atoms with E-state index < -0.39 is 0 Å². The van der Waals surface area contributed by atoms with Gasteiger partial charge in [-0.1, -0.05) is 39.1 Å². The molecule has 0 radical (unpaired) electrons. The van der Waals surface area contributed by atoms with Gasteiger partial charge in [0, 0.05) is 22.9 Å². The summed E-state index contributed by atoms with van der Waals surface area (Å²) in [6.45, 7) is 4.70. The first-order valence-corrected chi connectivity index (χ1v) is 7.67. The molecule has 2 nitrogen and oxygen atoms in total. The fraction of sp³-hybridized carbons (Fsp3) is 0.462. The van der Waals surface area contributed by atoms with E-state index in [2.05, 4.69) is 15.9 Å². The molecule has 1 aromatic carbocycles. The lowest BCUT2D eigenvalue weighted by Gasteiger charge is -2.27. The Hall–Kier alpha value is -0.250. The SMILES string of the molecule is CC(C)N(CCCBr)C(=O)c1ccc(Cl)cc1Cl. The minimum Gasteiger partial charge on any atom is -0.336 e. The number of hydrogen-bond acceptors (Lipinski definition) is 1. The highest BCUT2D eigenvalue weighted by Crippen LogP contribution is 2.23. The van der Waals surface area contributed by atoms with Crippen LogP contribution in [0.3, 0.4) is 0 Å². The van der Waals surface area contributed by atoms with Crippen molar-refractivity contribution in [3.63, 3.8) is 0 Å². The zero-order chi connectivity index (χ0) is 13.7. The third-order valence-electron chi connectivity index (χ3n) is 2.58. The lowest BCUT2D eigenvalue weighted by molar-refractivity contribution is 0.0707. The van der Waals surface area contributed by atoms with Gasteiger partial charge in [0.15, 0.2) is 0 Å². The van der Waals surface area contributed by atoms with Crippen LogP contribution in [0.1, 0.15) is 30.6 Å². The van der Waals surface area contributed by atoms with Crippen LogP contribution in [0.4, 0.5) is 0 Å². The average Bonchev–Trinajstić information content (AvgIpc) is 2.28. The largest absolute Gasteiger partial charge is 0.336 e. The van der Waals surface area contributed by atoms with Gasteiger partial charge in [0.25, 0.3) is 5.91 Å².